The summed E-state index contributed by atoms with van der Waals surface area (Å²) in [6.07, 6.45) is 0.621. The molecule has 28 heavy (non-hydrogen) atoms. The van der Waals surface area contributed by atoms with Crippen LogP contribution in [0.3, 0.4) is 0 Å². The van der Waals surface area contributed by atoms with Gasteiger partial charge in [0.2, 0.25) is 0 Å². The second-order valence-corrected chi connectivity index (χ2v) is 16.0. The van der Waals surface area contributed by atoms with Gasteiger partial charge in [0.05, 0.1) is 5.60 Å². The summed E-state index contributed by atoms with van der Waals surface area (Å²) in [6.45, 7) is 13.4. The molecule has 0 radical (unpaired) electrons. The minimum absolute atomic E-state index is 0.176. The first kappa shape index (κ1) is 23.1. The van der Waals surface area contributed by atoms with Gasteiger partial charge >= 0.3 is 0 Å². The molecule has 2 aromatic rings. The molecule has 4 heteroatoms. The van der Waals surface area contributed by atoms with Gasteiger partial charge in [0.25, 0.3) is 0 Å². The molecule has 0 N–H and O–H groups in total. The number of rotatable bonds is 10. The summed E-state index contributed by atoms with van der Waals surface area (Å²) in [5.41, 5.74) is -0.298. The number of benzene rings is 2. The molecule has 0 amide bonds. The maximum atomic E-state index is 14.4. The van der Waals surface area contributed by atoms with Gasteiger partial charge in [-0.3, -0.25) is 0 Å². The van der Waals surface area contributed by atoms with Crippen LogP contribution >= 0.6 is 7.14 Å². The highest BCUT2D eigenvalue weighted by Gasteiger charge is 2.41. The Morgan fingerprint density at radius 2 is 1.25 bits per heavy atom. The summed E-state index contributed by atoms with van der Waals surface area (Å²) < 4.78 is 21.3. The Bertz CT molecular complexity index is 718. The summed E-state index contributed by atoms with van der Waals surface area (Å²) in [4.78, 5) is 0. The van der Waals surface area contributed by atoms with Gasteiger partial charge in [0.15, 0.2) is 8.32 Å². The lowest BCUT2D eigenvalue weighted by molar-refractivity contribution is 0.0488. The lowest BCUT2D eigenvalue weighted by atomic mass is 9.95. The fraction of sp³-hybridized carbons (Fsp3) is 0.500. The van der Waals surface area contributed by atoms with Crippen molar-refractivity contribution < 1.29 is 8.99 Å². The first-order chi connectivity index (χ1) is 13.2. The molecule has 0 aliphatic rings. The summed E-state index contributed by atoms with van der Waals surface area (Å²) in [7, 11) is -4.47. The van der Waals surface area contributed by atoms with Crippen LogP contribution in [0.25, 0.3) is 0 Å². The Morgan fingerprint density at radius 1 is 0.857 bits per heavy atom. The maximum Gasteiger partial charge on any atom is 0.192 e. The molecule has 0 bridgehead atoms. The fourth-order valence-corrected chi connectivity index (χ4v) is 10.4. The van der Waals surface area contributed by atoms with Crippen molar-refractivity contribution >= 4 is 26.1 Å². The summed E-state index contributed by atoms with van der Waals surface area (Å²) in [5, 5.41) is 1.88. The van der Waals surface area contributed by atoms with Gasteiger partial charge in [-0.1, -0.05) is 88.4 Å². The lowest BCUT2D eigenvalue weighted by Gasteiger charge is -2.42. The molecule has 0 aliphatic carbocycles. The predicted molar refractivity (Wildman–Crippen MR) is 126 cm³/mol. The van der Waals surface area contributed by atoms with Crippen molar-refractivity contribution in [3.05, 3.63) is 60.7 Å². The average molecular weight is 417 g/mol. The molecule has 2 rings (SSSR count). The van der Waals surface area contributed by atoms with E-state index in [0.29, 0.717) is 6.16 Å². The van der Waals surface area contributed by atoms with Crippen LogP contribution < -0.4 is 10.6 Å². The second-order valence-electron chi connectivity index (χ2n) is 8.44. The minimum atomic E-state index is -2.73. The predicted octanol–water partition coefficient (Wildman–Crippen LogP) is 6.44. The van der Waals surface area contributed by atoms with E-state index in [0.717, 1.165) is 28.7 Å². The van der Waals surface area contributed by atoms with Gasteiger partial charge < -0.3 is 8.99 Å². The number of hydrogen-bond donors (Lipinski definition) is 0. The van der Waals surface area contributed by atoms with E-state index in [-0.39, 0.29) is 11.5 Å². The maximum absolute atomic E-state index is 14.4. The summed E-state index contributed by atoms with van der Waals surface area (Å²) >= 11 is 0. The molecule has 0 saturated heterocycles. The highest BCUT2D eigenvalue weighted by molar-refractivity contribution is 7.78. The fourth-order valence-electron chi connectivity index (χ4n) is 3.93. The summed E-state index contributed by atoms with van der Waals surface area (Å²) in [6, 6.07) is 23.4. The Kier molecular flexibility index (Phi) is 7.90. The SMILES string of the molecule is CC[Si](CC)(CC)OC(C)(C)[C@H](C)CP(=O)(c1ccccc1)c1ccccc1. The van der Waals surface area contributed by atoms with Crippen molar-refractivity contribution in [1.29, 1.82) is 0 Å². The molecule has 2 aromatic carbocycles. The van der Waals surface area contributed by atoms with E-state index in [1.54, 1.807) is 0 Å². The van der Waals surface area contributed by atoms with Crippen LogP contribution in [0.4, 0.5) is 0 Å². The Morgan fingerprint density at radius 3 is 1.61 bits per heavy atom. The Labute approximate surface area is 173 Å². The zero-order valence-corrected chi connectivity index (χ0v) is 20.3. The zero-order chi connectivity index (χ0) is 20.8. The molecule has 2 nitrogen and oxygen atoms in total. The van der Waals surface area contributed by atoms with Crippen LogP contribution in [0.5, 0.6) is 0 Å². The highest BCUT2D eigenvalue weighted by atomic mass is 31.2. The third-order valence-corrected chi connectivity index (χ3v) is 14.6. The Balaban J connectivity index is 2.38. The van der Waals surface area contributed by atoms with Crippen molar-refractivity contribution in [3.8, 4) is 0 Å². The van der Waals surface area contributed by atoms with E-state index < -0.39 is 15.5 Å². The van der Waals surface area contributed by atoms with Crippen molar-refractivity contribution in [2.24, 2.45) is 5.92 Å². The van der Waals surface area contributed by atoms with Crippen molar-refractivity contribution in [1.82, 2.24) is 0 Å². The van der Waals surface area contributed by atoms with Gasteiger partial charge in [0, 0.05) is 16.8 Å². The smallest absolute Gasteiger partial charge is 0.192 e. The topological polar surface area (TPSA) is 26.3 Å². The second kappa shape index (κ2) is 9.56. The quantitative estimate of drug-likeness (QED) is 0.329. The molecule has 0 spiro atoms. The normalized spacial score (nSPS) is 14.1. The van der Waals surface area contributed by atoms with Crippen molar-refractivity contribution in [2.75, 3.05) is 6.16 Å². The molecule has 1 atom stereocenters. The van der Waals surface area contributed by atoms with Gasteiger partial charge in [-0.15, -0.1) is 0 Å². The van der Waals surface area contributed by atoms with Gasteiger partial charge in [-0.25, -0.2) is 0 Å². The third kappa shape index (κ3) is 5.06. The molecular formula is C24H37O2PSi. The van der Waals surface area contributed by atoms with Crippen molar-refractivity contribution in [3.63, 3.8) is 0 Å². The summed E-state index contributed by atoms with van der Waals surface area (Å²) in [5.74, 6) is 0.176. The molecule has 154 valence electrons. The molecule has 0 heterocycles. The first-order valence-corrected chi connectivity index (χ1v) is 15.1. The van der Waals surface area contributed by atoms with Gasteiger partial charge in [-0.05, 0) is 37.9 Å². The van der Waals surface area contributed by atoms with Crippen LogP contribution in [0, 0.1) is 5.92 Å². The van der Waals surface area contributed by atoms with Crippen LogP contribution in [0.2, 0.25) is 18.1 Å². The zero-order valence-electron chi connectivity index (χ0n) is 18.4. The standard InChI is InChI=1S/C24H37O2PSi/c1-7-28(8-2,9-3)26-24(5,6)21(4)20-27(25,22-16-12-10-13-17-22)23-18-14-11-15-19-23/h10-19,21H,7-9,20H2,1-6H3/t21-/m1/s1. The van der Waals surface area contributed by atoms with Crippen LogP contribution in [0.15, 0.2) is 60.7 Å². The minimum Gasteiger partial charge on any atom is -0.412 e. The van der Waals surface area contributed by atoms with E-state index in [1.165, 1.54) is 0 Å². The average Bonchev–Trinajstić information content (AvgIpc) is 2.73. The molecule has 0 fully saturated rings. The van der Waals surface area contributed by atoms with E-state index in [4.69, 9.17) is 4.43 Å². The van der Waals surface area contributed by atoms with Gasteiger partial charge in [-0.2, -0.15) is 0 Å². The third-order valence-electron chi connectivity index (χ3n) is 6.48. The highest BCUT2D eigenvalue weighted by Crippen LogP contribution is 2.48. The number of hydrogen-bond acceptors (Lipinski definition) is 2. The molecular weight excluding hydrogens is 379 g/mol. The molecule has 0 unspecified atom stereocenters. The monoisotopic (exact) mass is 416 g/mol. The van der Waals surface area contributed by atoms with Crippen LogP contribution in [-0.4, -0.2) is 20.1 Å². The van der Waals surface area contributed by atoms with Crippen molar-refractivity contribution in [2.45, 2.75) is 65.3 Å². The van der Waals surface area contributed by atoms with Gasteiger partial charge in [0.1, 0.15) is 7.14 Å². The van der Waals surface area contributed by atoms with E-state index in [9.17, 15) is 4.57 Å². The first-order valence-electron chi connectivity index (χ1n) is 10.6. The van der Waals surface area contributed by atoms with E-state index in [2.05, 4.69) is 41.5 Å². The van der Waals surface area contributed by atoms with Crippen LogP contribution in [-0.2, 0) is 8.99 Å². The van der Waals surface area contributed by atoms with Crippen LogP contribution in [0.1, 0.15) is 41.5 Å². The van der Waals surface area contributed by atoms with E-state index >= 15 is 0 Å². The molecule has 0 aromatic heterocycles. The van der Waals surface area contributed by atoms with E-state index in [1.807, 2.05) is 60.7 Å². The molecule has 0 saturated carbocycles. The lowest BCUT2D eigenvalue weighted by Crippen LogP contribution is -2.48. The molecule has 0 aliphatic heterocycles. The largest absolute Gasteiger partial charge is 0.412 e. The Hall–Kier alpha value is -1.15.